The summed E-state index contributed by atoms with van der Waals surface area (Å²) in [5.41, 5.74) is 1.39. The predicted molar refractivity (Wildman–Crippen MR) is 93.8 cm³/mol. The van der Waals surface area contributed by atoms with Gasteiger partial charge in [0.25, 0.3) is 0 Å². The van der Waals surface area contributed by atoms with Crippen LogP contribution in [0.2, 0.25) is 0 Å². The van der Waals surface area contributed by atoms with Gasteiger partial charge >= 0.3 is 5.97 Å². The number of aryl methyl sites for hydroxylation is 2. The predicted octanol–water partition coefficient (Wildman–Crippen LogP) is 3.62. The van der Waals surface area contributed by atoms with E-state index in [1.807, 2.05) is 13.0 Å². The van der Waals surface area contributed by atoms with Gasteiger partial charge in [-0.2, -0.15) is 0 Å². The van der Waals surface area contributed by atoms with Crippen molar-refractivity contribution in [2.24, 2.45) is 0 Å². The summed E-state index contributed by atoms with van der Waals surface area (Å²) in [7, 11) is 0. The normalized spacial score (nSPS) is 10.3. The molecule has 24 heavy (non-hydrogen) atoms. The van der Waals surface area contributed by atoms with Crippen LogP contribution < -0.4 is 5.32 Å². The van der Waals surface area contributed by atoms with Crippen molar-refractivity contribution < 1.29 is 19.1 Å². The Morgan fingerprint density at radius 2 is 1.92 bits per heavy atom. The van der Waals surface area contributed by atoms with Gasteiger partial charge in [0.05, 0.1) is 16.1 Å². The molecule has 6 heteroatoms. The van der Waals surface area contributed by atoms with Crippen LogP contribution in [0.25, 0.3) is 0 Å². The van der Waals surface area contributed by atoms with Gasteiger partial charge in [0.15, 0.2) is 6.61 Å². The number of benzene rings is 1. The van der Waals surface area contributed by atoms with Crippen molar-refractivity contribution in [2.45, 2.75) is 27.2 Å². The molecule has 1 amide bonds. The maximum Gasteiger partial charge on any atom is 0.340 e. The fourth-order valence-corrected chi connectivity index (χ4v) is 3.05. The van der Waals surface area contributed by atoms with E-state index in [9.17, 15) is 14.4 Å². The molecule has 126 valence electrons. The van der Waals surface area contributed by atoms with E-state index in [2.05, 4.69) is 5.32 Å². The molecule has 0 atom stereocenters. The third-order valence-corrected chi connectivity index (χ3v) is 4.68. The van der Waals surface area contributed by atoms with Crippen molar-refractivity contribution in [3.05, 3.63) is 51.2 Å². The van der Waals surface area contributed by atoms with Crippen molar-refractivity contribution in [3.8, 4) is 0 Å². The Morgan fingerprint density at radius 3 is 2.54 bits per heavy atom. The van der Waals surface area contributed by atoms with Crippen LogP contribution in [-0.4, -0.2) is 24.3 Å². The molecule has 1 aromatic carbocycles. The Balaban J connectivity index is 2.08. The smallest absolute Gasteiger partial charge is 0.340 e. The summed E-state index contributed by atoms with van der Waals surface area (Å²) in [5.74, 6) is -1.15. The molecule has 0 unspecified atom stereocenters. The number of rotatable bonds is 6. The molecule has 2 aromatic rings. The number of esters is 1. The summed E-state index contributed by atoms with van der Waals surface area (Å²) in [4.78, 5) is 37.4. The molecule has 0 aliphatic heterocycles. The Kier molecular flexibility index (Phi) is 5.87. The van der Waals surface area contributed by atoms with E-state index >= 15 is 0 Å². The summed E-state index contributed by atoms with van der Waals surface area (Å²) in [6.07, 6.45) is 0.862. The van der Waals surface area contributed by atoms with Gasteiger partial charge in [-0.15, -0.1) is 11.3 Å². The Morgan fingerprint density at radius 1 is 1.17 bits per heavy atom. The number of para-hydroxylation sites is 1. The molecule has 1 heterocycles. The monoisotopic (exact) mass is 345 g/mol. The molecular formula is C18H19NO4S. The molecule has 0 saturated heterocycles. The van der Waals surface area contributed by atoms with E-state index < -0.39 is 5.97 Å². The number of amides is 1. The number of ether oxygens (including phenoxy) is 1. The van der Waals surface area contributed by atoms with Crippen molar-refractivity contribution in [3.63, 3.8) is 0 Å². The highest BCUT2D eigenvalue weighted by molar-refractivity contribution is 7.14. The molecule has 0 saturated carbocycles. The number of carbonyl (C=O) groups is 3. The molecule has 1 aromatic heterocycles. The molecule has 0 aliphatic carbocycles. The zero-order chi connectivity index (χ0) is 17.7. The Bertz CT molecular complexity index is 779. The van der Waals surface area contributed by atoms with Crippen LogP contribution in [-0.2, 0) is 16.0 Å². The Hall–Kier alpha value is -2.47. The van der Waals surface area contributed by atoms with Gasteiger partial charge in [-0.3, -0.25) is 9.59 Å². The molecule has 0 aliphatic rings. The van der Waals surface area contributed by atoms with E-state index in [1.54, 1.807) is 31.2 Å². The minimum atomic E-state index is -0.636. The number of nitrogens with one attached hydrogen (secondary N) is 1. The first-order chi connectivity index (χ1) is 11.4. The third kappa shape index (κ3) is 4.29. The lowest BCUT2D eigenvalue weighted by molar-refractivity contribution is -0.114. The van der Waals surface area contributed by atoms with Crippen LogP contribution >= 0.6 is 11.3 Å². The first kappa shape index (κ1) is 17.9. The zero-order valence-electron chi connectivity index (χ0n) is 13.8. The van der Waals surface area contributed by atoms with Crippen LogP contribution in [0.3, 0.4) is 0 Å². The lowest BCUT2D eigenvalue weighted by atomic mass is 10.1. The van der Waals surface area contributed by atoms with Crippen molar-refractivity contribution in [1.29, 1.82) is 0 Å². The van der Waals surface area contributed by atoms with Crippen molar-refractivity contribution in [1.82, 2.24) is 0 Å². The standard InChI is InChI=1S/C18H19NO4S/c1-4-13-8-9-16(24-13)15(21)10-23-18(22)14-7-5-6-11(2)17(14)19-12(3)20/h5-9H,4,10H2,1-3H3,(H,19,20). The molecular weight excluding hydrogens is 326 g/mol. The highest BCUT2D eigenvalue weighted by Gasteiger charge is 2.18. The topological polar surface area (TPSA) is 72.5 Å². The molecule has 5 nitrogen and oxygen atoms in total. The summed E-state index contributed by atoms with van der Waals surface area (Å²) >= 11 is 1.40. The van der Waals surface area contributed by atoms with Crippen molar-refractivity contribution in [2.75, 3.05) is 11.9 Å². The zero-order valence-corrected chi connectivity index (χ0v) is 14.7. The van der Waals surface area contributed by atoms with Gasteiger partial charge in [0, 0.05) is 11.8 Å². The average molecular weight is 345 g/mol. The van der Waals surface area contributed by atoms with E-state index in [0.29, 0.717) is 10.6 Å². The van der Waals surface area contributed by atoms with Crippen LogP contribution in [0.1, 0.15) is 44.3 Å². The highest BCUT2D eigenvalue weighted by Crippen LogP contribution is 2.22. The molecule has 0 bridgehead atoms. The molecule has 0 radical (unpaired) electrons. The van der Waals surface area contributed by atoms with Crippen LogP contribution in [0.4, 0.5) is 5.69 Å². The van der Waals surface area contributed by atoms with Crippen LogP contribution in [0, 0.1) is 6.92 Å². The first-order valence-corrected chi connectivity index (χ1v) is 8.40. The van der Waals surface area contributed by atoms with Gasteiger partial charge in [-0.05, 0) is 37.1 Å². The fraction of sp³-hybridized carbons (Fsp3) is 0.278. The number of anilines is 1. The molecule has 0 fully saturated rings. The minimum absolute atomic E-state index is 0.234. The van der Waals surface area contributed by atoms with Crippen LogP contribution in [0.15, 0.2) is 30.3 Å². The SMILES string of the molecule is CCc1ccc(C(=O)COC(=O)c2cccc(C)c2NC(C)=O)s1. The summed E-state index contributed by atoms with van der Waals surface area (Å²) in [6, 6.07) is 8.69. The lowest BCUT2D eigenvalue weighted by Gasteiger charge is -2.12. The molecule has 0 spiro atoms. The van der Waals surface area contributed by atoms with Crippen LogP contribution in [0.5, 0.6) is 0 Å². The van der Waals surface area contributed by atoms with Crippen molar-refractivity contribution >= 4 is 34.7 Å². The van der Waals surface area contributed by atoms with E-state index in [0.717, 1.165) is 16.9 Å². The quantitative estimate of drug-likeness (QED) is 0.641. The highest BCUT2D eigenvalue weighted by atomic mass is 32.1. The largest absolute Gasteiger partial charge is 0.454 e. The summed E-state index contributed by atoms with van der Waals surface area (Å²) < 4.78 is 5.13. The number of thiophene rings is 1. The second-order valence-corrected chi connectivity index (χ2v) is 6.47. The van der Waals surface area contributed by atoms with Gasteiger partial charge < -0.3 is 10.1 Å². The second-order valence-electron chi connectivity index (χ2n) is 5.30. The molecule has 2 rings (SSSR count). The van der Waals surface area contributed by atoms with Gasteiger partial charge in [0.2, 0.25) is 11.7 Å². The fourth-order valence-electron chi connectivity index (χ4n) is 2.18. The second kappa shape index (κ2) is 7.88. The Labute approximate surface area is 144 Å². The summed E-state index contributed by atoms with van der Waals surface area (Å²) in [6.45, 7) is 4.84. The maximum atomic E-state index is 12.3. The van der Waals surface area contributed by atoms with Gasteiger partial charge in [0.1, 0.15) is 0 Å². The maximum absolute atomic E-state index is 12.3. The number of carbonyl (C=O) groups excluding carboxylic acids is 3. The lowest BCUT2D eigenvalue weighted by Crippen LogP contribution is -2.17. The first-order valence-electron chi connectivity index (χ1n) is 7.58. The number of hydrogen-bond donors (Lipinski definition) is 1. The number of Topliss-reactive ketones (excluding diaryl/α,β-unsaturated/α-hetero) is 1. The van der Waals surface area contributed by atoms with Gasteiger partial charge in [-0.1, -0.05) is 19.1 Å². The summed E-state index contributed by atoms with van der Waals surface area (Å²) in [5, 5.41) is 2.63. The number of hydrogen-bond acceptors (Lipinski definition) is 5. The number of ketones is 1. The molecule has 1 N–H and O–H groups in total. The van der Waals surface area contributed by atoms with Gasteiger partial charge in [-0.25, -0.2) is 4.79 Å². The average Bonchev–Trinajstić information content (AvgIpc) is 3.03. The van der Waals surface area contributed by atoms with E-state index in [4.69, 9.17) is 4.74 Å². The minimum Gasteiger partial charge on any atom is -0.454 e. The third-order valence-electron chi connectivity index (χ3n) is 3.41. The van der Waals surface area contributed by atoms with E-state index in [-0.39, 0.29) is 23.9 Å². The van der Waals surface area contributed by atoms with E-state index in [1.165, 1.54) is 18.3 Å².